The zero-order chi connectivity index (χ0) is 23.1. The van der Waals surface area contributed by atoms with Gasteiger partial charge in [0.1, 0.15) is 23.7 Å². The number of piperidine rings is 1. The molecule has 0 spiro atoms. The minimum Gasteiger partial charge on any atom is -0.494 e. The van der Waals surface area contributed by atoms with Gasteiger partial charge in [-0.3, -0.25) is 9.58 Å². The van der Waals surface area contributed by atoms with Crippen LogP contribution in [0.4, 0.5) is 0 Å². The van der Waals surface area contributed by atoms with Gasteiger partial charge in [0.05, 0.1) is 11.6 Å². The Balaban J connectivity index is 1.27. The van der Waals surface area contributed by atoms with Crippen LogP contribution < -0.4 is 9.47 Å². The molecule has 1 aliphatic heterocycles. The highest BCUT2D eigenvalue weighted by Gasteiger charge is 2.34. The molecular formula is C26H32ClN3O3. The zero-order valence-electron chi connectivity index (χ0n) is 19.1. The first-order valence-electron chi connectivity index (χ1n) is 11.5. The smallest absolute Gasteiger partial charge is 0.138 e. The summed E-state index contributed by atoms with van der Waals surface area (Å²) < 4.78 is 13.8. The number of rotatable bonds is 10. The van der Waals surface area contributed by atoms with Gasteiger partial charge in [-0.2, -0.15) is 5.10 Å². The fourth-order valence-electron chi connectivity index (χ4n) is 4.23. The normalized spacial score (nSPS) is 18.9. The summed E-state index contributed by atoms with van der Waals surface area (Å²) >= 11 is 6.25. The molecule has 0 radical (unpaired) electrons. The number of hydrogen-bond acceptors (Lipinski definition) is 5. The van der Waals surface area contributed by atoms with Gasteiger partial charge in [-0.25, -0.2) is 0 Å². The molecule has 0 aliphatic carbocycles. The monoisotopic (exact) mass is 469 g/mol. The molecule has 1 aromatic heterocycles. The maximum Gasteiger partial charge on any atom is 0.138 e. The van der Waals surface area contributed by atoms with E-state index in [-0.39, 0.29) is 6.61 Å². The summed E-state index contributed by atoms with van der Waals surface area (Å²) in [6, 6.07) is 15.8. The molecule has 7 heteroatoms. The summed E-state index contributed by atoms with van der Waals surface area (Å²) in [6.45, 7) is 5.98. The van der Waals surface area contributed by atoms with E-state index in [1.54, 1.807) is 6.20 Å². The van der Waals surface area contributed by atoms with Gasteiger partial charge in [-0.05, 0) is 67.8 Å². The molecule has 0 saturated carbocycles. The molecule has 1 aliphatic rings. The first kappa shape index (κ1) is 23.6. The minimum atomic E-state index is -0.897. The number of ether oxygens (including phenoxy) is 2. The van der Waals surface area contributed by atoms with Crippen LogP contribution in [0.2, 0.25) is 5.02 Å². The van der Waals surface area contributed by atoms with Gasteiger partial charge < -0.3 is 14.6 Å². The topological polar surface area (TPSA) is 59.8 Å². The lowest BCUT2D eigenvalue weighted by molar-refractivity contribution is -0.0621. The number of aromatic nitrogens is 2. The Morgan fingerprint density at radius 3 is 2.91 bits per heavy atom. The van der Waals surface area contributed by atoms with E-state index in [1.165, 1.54) is 5.56 Å². The van der Waals surface area contributed by atoms with Gasteiger partial charge in [0.2, 0.25) is 0 Å². The van der Waals surface area contributed by atoms with E-state index < -0.39 is 5.60 Å². The van der Waals surface area contributed by atoms with Crippen molar-refractivity contribution < 1.29 is 14.6 Å². The molecule has 0 unspecified atom stereocenters. The maximum atomic E-state index is 11.2. The van der Waals surface area contributed by atoms with Crippen LogP contribution in [0.1, 0.15) is 30.4 Å². The van der Waals surface area contributed by atoms with Crippen molar-refractivity contribution in [1.82, 2.24) is 14.7 Å². The van der Waals surface area contributed by atoms with Crippen molar-refractivity contribution in [2.45, 2.75) is 44.9 Å². The third-order valence-corrected chi connectivity index (χ3v) is 6.19. The van der Waals surface area contributed by atoms with Crippen molar-refractivity contribution >= 4 is 11.6 Å². The second-order valence-corrected chi connectivity index (χ2v) is 9.29. The molecule has 1 N–H and O–H groups in total. The number of nitrogens with zero attached hydrogens (tertiary/aromatic N) is 3. The first-order valence-corrected chi connectivity index (χ1v) is 11.9. The van der Waals surface area contributed by atoms with Gasteiger partial charge in [0, 0.05) is 38.4 Å². The predicted molar refractivity (Wildman–Crippen MR) is 130 cm³/mol. The van der Waals surface area contributed by atoms with Gasteiger partial charge >= 0.3 is 0 Å². The van der Waals surface area contributed by atoms with Gasteiger partial charge in [0.15, 0.2) is 0 Å². The molecule has 1 fully saturated rings. The quantitative estimate of drug-likeness (QED) is 0.435. The van der Waals surface area contributed by atoms with Crippen LogP contribution in [-0.4, -0.2) is 51.7 Å². The summed E-state index contributed by atoms with van der Waals surface area (Å²) in [5, 5.41) is 16.0. The summed E-state index contributed by atoms with van der Waals surface area (Å²) in [7, 11) is 0. The predicted octanol–water partition coefficient (Wildman–Crippen LogP) is 4.72. The second kappa shape index (κ2) is 11.1. The van der Waals surface area contributed by atoms with Crippen LogP contribution in [-0.2, 0) is 13.1 Å². The standard InChI is InChI=1S/C26H32ClN3O3/c1-21-8-9-24(27)25(16-21)33-20-26(31)10-3-12-29(19-26)18-22-6-2-7-23(17-22)32-15-5-14-30-13-4-11-28-30/h2,4,6-9,11,13,16-17,31H,3,5,10,12,14-15,18-20H2,1H3/t26-/m1/s1. The number of aliphatic hydroxyl groups is 1. The van der Waals surface area contributed by atoms with E-state index in [4.69, 9.17) is 21.1 Å². The average Bonchev–Trinajstić information content (AvgIpc) is 3.31. The van der Waals surface area contributed by atoms with Crippen molar-refractivity contribution in [1.29, 1.82) is 0 Å². The Bertz CT molecular complexity index is 1030. The number of aryl methyl sites for hydroxylation is 2. The van der Waals surface area contributed by atoms with Crippen LogP contribution >= 0.6 is 11.6 Å². The number of β-amino-alcohol motifs (C(OH)–C–C–N with tert-alkyl or cyclic N) is 1. The Hall–Kier alpha value is -2.54. The molecule has 4 rings (SSSR count). The molecular weight excluding hydrogens is 438 g/mol. The Morgan fingerprint density at radius 2 is 2.06 bits per heavy atom. The van der Waals surface area contributed by atoms with Crippen LogP contribution in [0.3, 0.4) is 0 Å². The zero-order valence-corrected chi connectivity index (χ0v) is 19.9. The second-order valence-electron chi connectivity index (χ2n) is 8.88. The van der Waals surface area contributed by atoms with E-state index in [0.717, 1.165) is 43.8 Å². The lowest BCUT2D eigenvalue weighted by Gasteiger charge is -2.39. The maximum absolute atomic E-state index is 11.2. The van der Waals surface area contributed by atoms with Gasteiger partial charge in [-0.1, -0.05) is 29.8 Å². The molecule has 1 atom stereocenters. The fourth-order valence-corrected chi connectivity index (χ4v) is 4.41. The lowest BCUT2D eigenvalue weighted by Crippen LogP contribution is -2.51. The minimum absolute atomic E-state index is 0.228. The van der Waals surface area contributed by atoms with E-state index in [0.29, 0.717) is 30.3 Å². The Kier molecular flexibility index (Phi) is 7.91. The van der Waals surface area contributed by atoms with Crippen LogP contribution in [0, 0.1) is 6.92 Å². The van der Waals surface area contributed by atoms with E-state index in [1.807, 2.05) is 54.2 Å². The summed E-state index contributed by atoms with van der Waals surface area (Å²) in [4.78, 5) is 2.28. The van der Waals surface area contributed by atoms with Crippen LogP contribution in [0.15, 0.2) is 60.9 Å². The highest BCUT2D eigenvalue weighted by molar-refractivity contribution is 6.32. The molecule has 0 bridgehead atoms. The summed E-state index contributed by atoms with van der Waals surface area (Å²) in [5.74, 6) is 1.50. The molecule has 33 heavy (non-hydrogen) atoms. The van der Waals surface area contributed by atoms with Crippen LogP contribution in [0.25, 0.3) is 0 Å². The molecule has 0 amide bonds. The molecule has 2 heterocycles. The summed E-state index contributed by atoms with van der Waals surface area (Å²) in [6.07, 6.45) is 6.28. The number of halogens is 1. The summed E-state index contributed by atoms with van der Waals surface area (Å²) in [5.41, 5.74) is 1.35. The highest BCUT2D eigenvalue weighted by Crippen LogP contribution is 2.29. The third-order valence-electron chi connectivity index (χ3n) is 5.88. The lowest BCUT2D eigenvalue weighted by atomic mass is 9.93. The van der Waals surface area contributed by atoms with Gasteiger partial charge in [0.25, 0.3) is 0 Å². The average molecular weight is 470 g/mol. The van der Waals surface area contributed by atoms with E-state index >= 15 is 0 Å². The van der Waals surface area contributed by atoms with Crippen molar-refractivity contribution in [3.05, 3.63) is 77.1 Å². The number of benzene rings is 2. The Labute approximate surface area is 200 Å². The largest absolute Gasteiger partial charge is 0.494 e. The molecule has 1 saturated heterocycles. The third kappa shape index (κ3) is 6.97. The van der Waals surface area contributed by atoms with Crippen molar-refractivity contribution in [3.8, 4) is 11.5 Å². The highest BCUT2D eigenvalue weighted by atomic mass is 35.5. The number of likely N-dealkylation sites (tertiary alicyclic amines) is 1. The van der Waals surface area contributed by atoms with Crippen molar-refractivity contribution in [2.75, 3.05) is 26.3 Å². The molecule has 6 nitrogen and oxygen atoms in total. The first-order chi connectivity index (χ1) is 16.0. The fraction of sp³-hybridized carbons (Fsp3) is 0.423. The molecule has 176 valence electrons. The van der Waals surface area contributed by atoms with Gasteiger partial charge in [-0.15, -0.1) is 0 Å². The molecule has 2 aromatic carbocycles. The SMILES string of the molecule is Cc1ccc(Cl)c(OC[C@@]2(O)CCCN(Cc3cccc(OCCCn4cccn4)c3)C2)c1. The van der Waals surface area contributed by atoms with E-state index in [2.05, 4.69) is 22.1 Å². The van der Waals surface area contributed by atoms with Crippen molar-refractivity contribution in [3.63, 3.8) is 0 Å². The Morgan fingerprint density at radius 1 is 1.15 bits per heavy atom. The number of hydrogen-bond donors (Lipinski definition) is 1. The van der Waals surface area contributed by atoms with E-state index in [9.17, 15) is 5.11 Å². The van der Waals surface area contributed by atoms with Crippen LogP contribution in [0.5, 0.6) is 11.5 Å². The molecule has 3 aromatic rings. The van der Waals surface area contributed by atoms with Crippen molar-refractivity contribution in [2.24, 2.45) is 0 Å².